The Kier molecular flexibility index (Phi) is 3.95. The van der Waals surface area contributed by atoms with Gasteiger partial charge in [0.1, 0.15) is 0 Å². The number of amides is 2. The van der Waals surface area contributed by atoms with Gasteiger partial charge in [-0.2, -0.15) is 0 Å². The lowest BCUT2D eigenvalue weighted by Gasteiger charge is -2.05. The molecule has 0 aliphatic carbocycles. The highest BCUT2D eigenvalue weighted by atomic mass is 32.1. The van der Waals surface area contributed by atoms with Gasteiger partial charge in [-0.25, -0.2) is 4.98 Å². The molecular weight excluding hydrogens is 342 g/mol. The fourth-order valence-electron chi connectivity index (χ4n) is 2.39. The second kappa shape index (κ2) is 6.40. The van der Waals surface area contributed by atoms with E-state index < -0.39 is 11.8 Å². The van der Waals surface area contributed by atoms with Crippen LogP contribution in [0.5, 0.6) is 11.5 Å². The van der Waals surface area contributed by atoms with Gasteiger partial charge in [-0.3, -0.25) is 14.9 Å². The fraction of sp³-hybridized carbons (Fsp3) is 0.118. The van der Waals surface area contributed by atoms with Gasteiger partial charge in [0, 0.05) is 6.54 Å². The minimum Gasteiger partial charge on any atom is -0.454 e. The van der Waals surface area contributed by atoms with Crippen molar-refractivity contribution in [2.45, 2.75) is 6.54 Å². The Balaban J connectivity index is 1.36. The maximum Gasteiger partial charge on any atom is 0.315 e. The first-order chi connectivity index (χ1) is 12.2. The van der Waals surface area contributed by atoms with Gasteiger partial charge in [0.05, 0.1) is 10.2 Å². The van der Waals surface area contributed by atoms with Gasteiger partial charge >= 0.3 is 11.8 Å². The number of nitrogens with zero attached hydrogens (tertiary/aromatic N) is 1. The van der Waals surface area contributed by atoms with Crippen molar-refractivity contribution in [3.05, 3.63) is 48.0 Å². The van der Waals surface area contributed by atoms with Crippen LogP contribution >= 0.6 is 11.3 Å². The van der Waals surface area contributed by atoms with Gasteiger partial charge in [-0.15, -0.1) is 0 Å². The third-order valence-electron chi connectivity index (χ3n) is 3.61. The number of nitrogens with one attached hydrogen (secondary N) is 2. The molecule has 0 spiro atoms. The standard InChI is InChI=1S/C17H13N3O4S/c21-15(18-8-10-5-6-12-13(7-10)24-9-23-12)16(22)20-17-19-11-3-1-2-4-14(11)25-17/h1-7H,8-9H2,(H,18,21)(H,19,20,22). The highest BCUT2D eigenvalue weighted by molar-refractivity contribution is 7.22. The van der Waals surface area contributed by atoms with Crippen molar-refractivity contribution in [2.75, 3.05) is 12.1 Å². The smallest absolute Gasteiger partial charge is 0.315 e. The molecule has 4 rings (SSSR count). The number of benzene rings is 2. The number of carbonyl (C=O) groups excluding carboxylic acids is 2. The molecule has 2 aromatic carbocycles. The Hall–Kier alpha value is -3.13. The number of aromatic nitrogens is 1. The number of carbonyl (C=O) groups is 2. The lowest BCUT2D eigenvalue weighted by atomic mass is 10.2. The van der Waals surface area contributed by atoms with Crippen molar-refractivity contribution in [2.24, 2.45) is 0 Å². The summed E-state index contributed by atoms with van der Waals surface area (Å²) in [7, 11) is 0. The first-order valence-electron chi connectivity index (χ1n) is 7.52. The van der Waals surface area contributed by atoms with Crippen LogP contribution in [0.25, 0.3) is 10.2 Å². The number of rotatable bonds is 3. The molecule has 2 N–H and O–H groups in total. The highest BCUT2D eigenvalue weighted by Crippen LogP contribution is 2.32. The van der Waals surface area contributed by atoms with E-state index >= 15 is 0 Å². The van der Waals surface area contributed by atoms with Gasteiger partial charge in [0.2, 0.25) is 6.79 Å². The van der Waals surface area contributed by atoms with E-state index in [1.165, 1.54) is 11.3 Å². The monoisotopic (exact) mass is 355 g/mol. The molecule has 8 heteroatoms. The average Bonchev–Trinajstić information content (AvgIpc) is 3.24. The van der Waals surface area contributed by atoms with E-state index in [1.807, 2.05) is 24.3 Å². The van der Waals surface area contributed by atoms with Crippen LogP contribution in [0, 0.1) is 0 Å². The molecule has 126 valence electrons. The molecule has 0 radical (unpaired) electrons. The minimum absolute atomic E-state index is 0.190. The normalized spacial score (nSPS) is 12.2. The van der Waals surface area contributed by atoms with E-state index in [0.29, 0.717) is 16.6 Å². The molecule has 0 fully saturated rings. The van der Waals surface area contributed by atoms with E-state index in [1.54, 1.807) is 18.2 Å². The van der Waals surface area contributed by atoms with Gasteiger partial charge in [-0.05, 0) is 29.8 Å². The largest absolute Gasteiger partial charge is 0.454 e. The number of ether oxygens (including phenoxy) is 2. The summed E-state index contributed by atoms with van der Waals surface area (Å²) in [5, 5.41) is 5.49. The van der Waals surface area contributed by atoms with Gasteiger partial charge in [0.15, 0.2) is 16.6 Å². The summed E-state index contributed by atoms with van der Waals surface area (Å²) >= 11 is 1.32. The SMILES string of the molecule is O=C(NCc1ccc2c(c1)OCO2)C(=O)Nc1nc2ccccc2s1. The van der Waals surface area contributed by atoms with E-state index in [4.69, 9.17) is 9.47 Å². The summed E-state index contributed by atoms with van der Waals surface area (Å²) in [5.41, 5.74) is 1.59. The Morgan fingerprint density at radius 3 is 2.80 bits per heavy atom. The molecule has 0 saturated heterocycles. The molecule has 0 unspecified atom stereocenters. The summed E-state index contributed by atoms with van der Waals surface area (Å²) < 4.78 is 11.5. The Morgan fingerprint density at radius 2 is 1.92 bits per heavy atom. The lowest BCUT2D eigenvalue weighted by Crippen LogP contribution is -2.34. The quantitative estimate of drug-likeness (QED) is 0.704. The van der Waals surface area contributed by atoms with Crippen LogP contribution in [0.3, 0.4) is 0 Å². The van der Waals surface area contributed by atoms with Crippen molar-refractivity contribution in [3.63, 3.8) is 0 Å². The second-order valence-corrected chi connectivity index (χ2v) is 6.34. The van der Waals surface area contributed by atoms with E-state index in [2.05, 4.69) is 15.6 Å². The van der Waals surface area contributed by atoms with Gasteiger partial charge < -0.3 is 14.8 Å². The zero-order valence-electron chi connectivity index (χ0n) is 12.9. The van der Waals surface area contributed by atoms with Crippen LogP contribution in [-0.4, -0.2) is 23.6 Å². The van der Waals surface area contributed by atoms with Gasteiger partial charge in [-0.1, -0.05) is 29.5 Å². The van der Waals surface area contributed by atoms with Crippen LogP contribution in [0.4, 0.5) is 5.13 Å². The maximum absolute atomic E-state index is 12.0. The number of thiazole rings is 1. The van der Waals surface area contributed by atoms with Crippen LogP contribution in [-0.2, 0) is 16.1 Å². The van der Waals surface area contributed by atoms with Crippen molar-refractivity contribution in [3.8, 4) is 11.5 Å². The molecule has 7 nitrogen and oxygen atoms in total. The first kappa shape index (κ1) is 15.4. The summed E-state index contributed by atoms with van der Waals surface area (Å²) in [4.78, 5) is 28.2. The zero-order valence-corrected chi connectivity index (χ0v) is 13.8. The van der Waals surface area contributed by atoms with E-state index in [9.17, 15) is 9.59 Å². The summed E-state index contributed by atoms with van der Waals surface area (Å²) in [6, 6.07) is 12.9. The molecule has 1 aliphatic rings. The Bertz CT molecular complexity index is 936. The molecule has 2 amide bonds. The van der Waals surface area contributed by atoms with Crippen LogP contribution in [0.2, 0.25) is 0 Å². The number of fused-ring (bicyclic) bond motifs is 2. The molecule has 0 bridgehead atoms. The third-order valence-corrected chi connectivity index (χ3v) is 4.56. The summed E-state index contributed by atoms with van der Waals surface area (Å²) in [5.74, 6) is -0.175. The predicted octanol–water partition coefficient (Wildman–Crippen LogP) is 2.28. The topological polar surface area (TPSA) is 89.5 Å². The van der Waals surface area contributed by atoms with Crippen molar-refractivity contribution < 1.29 is 19.1 Å². The number of anilines is 1. The Labute approximate surface area is 146 Å². The van der Waals surface area contributed by atoms with Crippen molar-refractivity contribution in [1.82, 2.24) is 10.3 Å². The summed E-state index contributed by atoms with van der Waals surface area (Å²) in [6.07, 6.45) is 0. The molecule has 0 saturated carbocycles. The summed E-state index contributed by atoms with van der Waals surface area (Å²) in [6.45, 7) is 0.401. The zero-order chi connectivity index (χ0) is 17.2. The average molecular weight is 355 g/mol. The molecule has 1 aliphatic heterocycles. The Morgan fingerprint density at radius 1 is 1.08 bits per heavy atom. The third kappa shape index (κ3) is 3.24. The second-order valence-electron chi connectivity index (χ2n) is 5.31. The molecule has 25 heavy (non-hydrogen) atoms. The first-order valence-corrected chi connectivity index (χ1v) is 8.34. The van der Waals surface area contributed by atoms with Crippen molar-refractivity contribution in [1.29, 1.82) is 0 Å². The maximum atomic E-state index is 12.0. The molecular formula is C17H13N3O4S. The lowest BCUT2D eigenvalue weighted by molar-refractivity contribution is -0.136. The fourth-order valence-corrected chi connectivity index (χ4v) is 3.25. The number of para-hydroxylation sites is 1. The number of hydrogen-bond acceptors (Lipinski definition) is 6. The minimum atomic E-state index is -0.750. The van der Waals surface area contributed by atoms with Crippen molar-refractivity contribution >= 4 is 38.5 Å². The molecule has 0 atom stereocenters. The van der Waals surface area contributed by atoms with Crippen LogP contribution in [0.1, 0.15) is 5.56 Å². The highest BCUT2D eigenvalue weighted by Gasteiger charge is 2.17. The van der Waals surface area contributed by atoms with Crippen LogP contribution in [0.15, 0.2) is 42.5 Å². The number of hydrogen-bond donors (Lipinski definition) is 2. The van der Waals surface area contributed by atoms with Crippen LogP contribution < -0.4 is 20.1 Å². The predicted molar refractivity (Wildman–Crippen MR) is 92.7 cm³/mol. The molecule has 1 aromatic heterocycles. The molecule has 2 heterocycles. The van der Waals surface area contributed by atoms with E-state index in [0.717, 1.165) is 15.8 Å². The van der Waals surface area contributed by atoms with Gasteiger partial charge in [0.25, 0.3) is 0 Å². The van der Waals surface area contributed by atoms with E-state index in [-0.39, 0.29) is 13.3 Å². The molecule has 3 aromatic rings.